The Morgan fingerprint density at radius 1 is 1.24 bits per heavy atom. The van der Waals surface area contributed by atoms with Crippen molar-refractivity contribution in [1.82, 2.24) is 4.90 Å². The Balaban J connectivity index is 1.82. The molecule has 2 amide bonds. The number of nitrogens with two attached hydrogens (primary N) is 1. The summed E-state index contributed by atoms with van der Waals surface area (Å²) in [5.41, 5.74) is 7.15. The molecule has 25 heavy (non-hydrogen) atoms. The van der Waals surface area contributed by atoms with Crippen molar-refractivity contribution in [2.24, 2.45) is 5.73 Å². The summed E-state index contributed by atoms with van der Waals surface area (Å²) in [6.45, 7) is 7.88. The van der Waals surface area contributed by atoms with Crippen LogP contribution in [0.1, 0.15) is 20.3 Å². The number of morpholine rings is 1. The van der Waals surface area contributed by atoms with E-state index in [9.17, 15) is 9.59 Å². The number of ether oxygens (including phenoxy) is 1. The van der Waals surface area contributed by atoms with Gasteiger partial charge in [-0.05, 0) is 38.1 Å². The Bertz CT molecular complexity index is 568. The highest BCUT2D eigenvalue weighted by Crippen LogP contribution is 2.19. The molecule has 3 N–H and O–H groups in total. The molecule has 2 rings (SSSR count). The summed E-state index contributed by atoms with van der Waals surface area (Å²) in [5.74, 6) is -0.456. The number of hydrogen-bond donors (Lipinski definition) is 2. The molecule has 1 aromatic rings. The molecule has 1 aromatic carbocycles. The monoisotopic (exact) mass is 348 g/mol. The van der Waals surface area contributed by atoms with Gasteiger partial charge in [0.15, 0.2) is 0 Å². The standard InChI is InChI=1S/C18H28N4O3/c1-14(2)22(13-17(19)23)8-7-18(24)20-15-3-5-16(6-4-15)21-9-11-25-12-10-21/h3-6,14H,7-13H2,1-2H3,(H2,19,23)(H,20,24). The number of rotatable bonds is 8. The van der Waals surface area contributed by atoms with Gasteiger partial charge in [-0.25, -0.2) is 0 Å². The summed E-state index contributed by atoms with van der Waals surface area (Å²) in [6, 6.07) is 8.00. The van der Waals surface area contributed by atoms with Crippen molar-refractivity contribution < 1.29 is 14.3 Å². The lowest BCUT2D eigenvalue weighted by atomic mass is 10.2. The SMILES string of the molecule is CC(C)N(CCC(=O)Nc1ccc(N2CCOCC2)cc1)CC(N)=O. The van der Waals surface area contributed by atoms with Gasteiger partial charge in [-0.3, -0.25) is 14.5 Å². The van der Waals surface area contributed by atoms with E-state index < -0.39 is 0 Å². The fraction of sp³-hybridized carbons (Fsp3) is 0.556. The summed E-state index contributed by atoms with van der Waals surface area (Å²) < 4.78 is 5.35. The second kappa shape index (κ2) is 9.39. The number of hydrogen-bond acceptors (Lipinski definition) is 5. The highest BCUT2D eigenvalue weighted by Gasteiger charge is 2.14. The Labute approximate surface area is 149 Å². The Morgan fingerprint density at radius 3 is 2.44 bits per heavy atom. The maximum atomic E-state index is 12.1. The van der Waals surface area contributed by atoms with Crippen molar-refractivity contribution in [3.63, 3.8) is 0 Å². The van der Waals surface area contributed by atoms with Crippen LogP contribution < -0.4 is 16.0 Å². The van der Waals surface area contributed by atoms with Crippen LogP contribution in [0.5, 0.6) is 0 Å². The van der Waals surface area contributed by atoms with E-state index in [1.165, 1.54) is 0 Å². The molecule has 0 aromatic heterocycles. The zero-order valence-electron chi connectivity index (χ0n) is 15.0. The van der Waals surface area contributed by atoms with Crippen molar-refractivity contribution in [2.45, 2.75) is 26.3 Å². The summed E-state index contributed by atoms with van der Waals surface area (Å²) in [6.07, 6.45) is 0.316. The number of carbonyl (C=O) groups excluding carboxylic acids is 2. The number of benzene rings is 1. The molecule has 0 spiro atoms. The van der Waals surface area contributed by atoms with Gasteiger partial charge in [0.1, 0.15) is 0 Å². The third-order valence-electron chi connectivity index (χ3n) is 4.24. The van der Waals surface area contributed by atoms with Gasteiger partial charge in [0.2, 0.25) is 11.8 Å². The lowest BCUT2D eigenvalue weighted by Gasteiger charge is -2.29. The molecule has 0 unspecified atom stereocenters. The van der Waals surface area contributed by atoms with Crippen molar-refractivity contribution in [2.75, 3.05) is 49.6 Å². The molecule has 0 radical (unpaired) electrons. The molecule has 0 atom stereocenters. The van der Waals surface area contributed by atoms with E-state index in [1.807, 2.05) is 43.0 Å². The van der Waals surface area contributed by atoms with Crippen LogP contribution in [0.25, 0.3) is 0 Å². The van der Waals surface area contributed by atoms with Crippen LogP contribution in [0, 0.1) is 0 Å². The van der Waals surface area contributed by atoms with Crippen molar-refractivity contribution in [3.05, 3.63) is 24.3 Å². The van der Waals surface area contributed by atoms with Gasteiger partial charge in [-0.1, -0.05) is 0 Å². The summed E-state index contributed by atoms with van der Waals surface area (Å²) in [7, 11) is 0. The van der Waals surface area contributed by atoms with E-state index in [0.717, 1.165) is 37.7 Å². The van der Waals surface area contributed by atoms with Crippen LogP contribution in [0.15, 0.2) is 24.3 Å². The maximum absolute atomic E-state index is 12.1. The normalized spacial score (nSPS) is 14.8. The van der Waals surface area contributed by atoms with Gasteiger partial charge in [-0.2, -0.15) is 0 Å². The molecule has 7 nitrogen and oxygen atoms in total. The largest absolute Gasteiger partial charge is 0.378 e. The smallest absolute Gasteiger partial charge is 0.231 e. The van der Waals surface area contributed by atoms with Crippen LogP contribution in [0.2, 0.25) is 0 Å². The fourth-order valence-electron chi connectivity index (χ4n) is 2.77. The molecular formula is C18H28N4O3. The van der Waals surface area contributed by atoms with Crippen molar-refractivity contribution in [3.8, 4) is 0 Å². The minimum Gasteiger partial charge on any atom is -0.378 e. The first-order valence-electron chi connectivity index (χ1n) is 8.70. The van der Waals surface area contributed by atoms with Gasteiger partial charge in [0, 0.05) is 43.5 Å². The molecule has 1 aliphatic rings. The topological polar surface area (TPSA) is 87.9 Å². The van der Waals surface area contributed by atoms with Crippen LogP contribution in [0.4, 0.5) is 11.4 Å². The van der Waals surface area contributed by atoms with Crippen LogP contribution in [-0.4, -0.2) is 62.1 Å². The van der Waals surface area contributed by atoms with Gasteiger partial charge in [0.25, 0.3) is 0 Å². The molecule has 1 aliphatic heterocycles. The highest BCUT2D eigenvalue weighted by atomic mass is 16.5. The van der Waals surface area contributed by atoms with Crippen molar-refractivity contribution in [1.29, 1.82) is 0 Å². The first kappa shape index (κ1) is 19.2. The summed E-state index contributed by atoms with van der Waals surface area (Å²) >= 11 is 0. The lowest BCUT2D eigenvalue weighted by molar-refractivity contribution is -0.121. The third kappa shape index (κ3) is 6.36. The van der Waals surface area contributed by atoms with Gasteiger partial charge in [-0.15, -0.1) is 0 Å². The van der Waals surface area contributed by atoms with Crippen LogP contribution in [0.3, 0.4) is 0 Å². The lowest BCUT2D eigenvalue weighted by Crippen LogP contribution is -2.40. The maximum Gasteiger partial charge on any atom is 0.231 e. The molecule has 0 saturated carbocycles. The molecule has 138 valence electrons. The molecule has 7 heteroatoms. The van der Waals surface area contributed by atoms with E-state index in [1.54, 1.807) is 0 Å². The molecule has 1 saturated heterocycles. The number of anilines is 2. The van der Waals surface area contributed by atoms with Gasteiger partial charge < -0.3 is 20.7 Å². The van der Waals surface area contributed by atoms with Crippen molar-refractivity contribution >= 4 is 23.2 Å². The Hall–Kier alpha value is -2.12. The van der Waals surface area contributed by atoms with E-state index >= 15 is 0 Å². The third-order valence-corrected chi connectivity index (χ3v) is 4.24. The Morgan fingerprint density at radius 2 is 1.88 bits per heavy atom. The number of nitrogens with one attached hydrogen (secondary N) is 1. The fourth-order valence-corrected chi connectivity index (χ4v) is 2.77. The average Bonchev–Trinajstić information content (AvgIpc) is 2.59. The van der Waals surface area contributed by atoms with Crippen LogP contribution >= 0.6 is 0 Å². The predicted molar refractivity (Wildman–Crippen MR) is 98.6 cm³/mol. The quantitative estimate of drug-likeness (QED) is 0.733. The first-order chi connectivity index (χ1) is 12.0. The van der Waals surface area contributed by atoms with Crippen LogP contribution in [-0.2, 0) is 14.3 Å². The minimum atomic E-state index is -0.382. The second-order valence-electron chi connectivity index (χ2n) is 6.48. The molecule has 1 heterocycles. The van der Waals surface area contributed by atoms with E-state index in [2.05, 4.69) is 10.2 Å². The summed E-state index contributed by atoms with van der Waals surface area (Å²) in [5, 5.41) is 2.89. The van der Waals surface area contributed by atoms with E-state index in [0.29, 0.717) is 13.0 Å². The predicted octanol–water partition coefficient (Wildman–Crippen LogP) is 1.05. The number of amides is 2. The average molecular weight is 348 g/mol. The number of carbonyl (C=O) groups is 2. The Kier molecular flexibility index (Phi) is 7.21. The zero-order chi connectivity index (χ0) is 18.2. The molecular weight excluding hydrogens is 320 g/mol. The van der Waals surface area contributed by atoms with E-state index in [-0.39, 0.29) is 24.4 Å². The van der Waals surface area contributed by atoms with Gasteiger partial charge >= 0.3 is 0 Å². The van der Waals surface area contributed by atoms with Gasteiger partial charge in [0.05, 0.1) is 19.8 Å². The molecule has 1 fully saturated rings. The highest BCUT2D eigenvalue weighted by molar-refractivity contribution is 5.91. The van der Waals surface area contributed by atoms with E-state index in [4.69, 9.17) is 10.5 Å². The zero-order valence-corrected chi connectivity index (χ0v) is 15.0. The number of nitrogens with zero attached hydrogens (tertiary/aromatic N) is 2. The second-order valence-corrected chi connectivity index (χ2v) is 6.48. The first-order valence-corrected chi connectivity index (χ1v) is 8.70. The molecule has 0 aliphatic carbocycles. The molecule has 0 bridgehead atoms. The number of primary amides is 1. The summed E-state index contributed by atoms with van der Waals surface area (Å²) in [4.78, 5) is 27.4. The minimum absolute atomic E-state index is 0.0748.